The first kappa shape index (κ1) is 16.0. The molecule has 0 radical (unpaired) electrons. The maximum atomic E-state index is 11.6. The van der Waals surface area contributed by atoms with Crippen LogP contribution in [-0.4, -0.2) is 24.8 Å². The topological polar surface area (TPSA) is 105 Å². The van der Waals surface area contributed by atoms with Crippen molar-refractivity contribution in [1.29, 1.82) is 0 Å². The van der Waals surface area contributed by atoms with E-state index in [2.05, 4.69) is 4.74 Å². The molecular formula is C14H20N2O4. The van der Waals surface area contributed by atoms with E-state index >= 15 is 0 Å². The average molecular weight is 280 g/mol. The second-order valence-corrected chi connectivity index (χ2v) is 4.43. The summed E-state index contributed by atoms with van der Waals surface area (Å²) in [6.07, 6.45) is 0.872. The van der Waals surface area contributed by atoms with Gasteiger partial charge < -0.3 is 20.9 Å². The van der Waals surface area contributed by atoms with Gasteiger partial charge in [-0.25, -0.2) is 9.59 Å². The molecule has 6 heteroatoms. The molecule has 110 valence electrons. The minimum Gasteiger partial charge on any atom is -0.434 e. The van der Waals surface area contributed by atoms with Gasteiger partial charge in [0.1, 0.15) is 6.04 Å². The predicted molar refractivity (Wildman–Crippen MR) is 74.9 cm³/mol. The Hall–Kier alpha value is -2.08. The maximum absolute atomic E-state index is 11.6. The summed E-state index contributed by atoms with van der Waals surface area (Å²) in [4.78, 5) is 22.8. The van der Waals surface area contributed by atoms with Crippen LogP contribution in [0.3, 0.4) is 0 Å². The lowest BCUT2D eigenvalue weighted by Crippen LogP contribution is -2.35. The third kappa shape index (κ3) is 5.71. The van der Waals surface area contributed by atoms with Crippen molar-refractivity contribution in [2.45, 2.75) is 32.2 Å². The molecule has 6 nitrogen and oxygen atoms in total. The van der Waals surface area contributed by atoms with Gasteiger partial charge in [-0.15, -0.1) is 0 Å². The summed E-state index contributed by atoms with van der Waals surface area (Å²) in [7, 11) is 0. The molecular weight excluding hydrogens is 260 g/mol. The van der Waals surface area contributed by atoms with E-state index in [9.17, 15) is 9.59 Å². The van der Waals surface area contributed by atoms with E-state index in [1.54, 1.807) is 24.3 Å². The number of nitrogen functional groups attached to an aromatic ring is 1. The number of anilines is 1. The summed E-state index contributed by atoms with van der Waals surface area (Å²) in [5.74, 6) is -0.802. The third-order valence-electron chi connectivity index (χ3n) is 2.64. The zero-order chi connectivity index (χ0) is 15.0. The molecule has 1 atom stereocenters. The summed E-state index contributed by atoms with van der Waals surface area (Å²) in [5, 5.41) is 0. The number of benzene rings is 1. The van der Waals surface area contributed by atoms with E-state index in [4.69, 9.17) is 16.2 Å². The standard InChI is InChI=1S/C14H20N2O4/c1-2-3-8-19-14(18)20-13(17)12(16)9-10-4-6-11(15)7-5-10/h4-7,12H,2-3,8-9,15-16H2,1H3/t12-/m0/s1. The van der Waals surface area contributed by atoms with E-state index in [0.29, 0.717) is 5.69 Å². The van der Waals surface area contributed by atoms with Crippen LogP contribution in [0.5, 0.6) is 0 Å². The molecule has 0 fully saturated rings. The van der Waals surface area contributed by atoms with E-state index in [1.165, 1.54) is 0 Å². The van der Waals surface area contributed by atoms with Crippen molar-refractivity contribution in [2.24, 2.45) is 5.73 Å². The second-order valence-electron chi connectivity index (χ2n) is 4.43. The number of carbonyl (C=O) groups excluding carboxylic acids is 2. The van der Waals surface area contributed by atoms with Gasteiger partial charge in [0.15, 0.2) is 0 Å². The van der Waals surface area contributed by atoms with Crippen LogP contribution in [0.15, 0.2) is 24.3 Å². The van der Waals surface area contributed by atoms with Crippen molar-refractivity contribution in [1.82, 2.24) is 0 Å². The van der Waals surface area contributed by atoms with E-state index in [-0.39, 0.29) is 13.0 Å². The first-order valence-electron chi connectivity index (χ1n) is 6.51. The van der Waals surface area contributed by atoms with Crippen LogP contribution in [0, 0.1) is 0 Å². The molecule has 0 unspecified atom stereocenters. The van der Waals surface area contributed by atoms with Crippen molar-refractivity contribution in [3.63, 3.8) is 0 Å². The van der Waals surface area contributed by atoms with Crippen molar-refractivity contribution < 1.29 is 19.1 Å². The lowest BCUT2D eigenvalue weighted by molar-refractivity contribution is -0.141. The van der Waals surface area contributed by atoms with Gasteiger partial charge in [-0.3, -0.25) is 0 Å². The molecule has 1 rings (SSSR count). The third-order valence-corrected chi connectivity index (χ3v) is 2.64. The molecule has 0 heterocycles. The second kappa shape index (κ2) is 8.16. The summed E-state index contributed by atoms with van der Waals surface area (Å²) in [6.45, 7) is 2.19. The fraction of sp³-hybridized carbons (Fsp3) is 0.429. The summed E-state index contributed by atoms with van der Waals surface area (Å²) in [6, 6.07) is 6.04. The smallest absolute Gasteiger partial charge is 0.434 e. The largest absolute Gasteiger partial charge is 0.516 e. The normalized spacial score (nSPS) is 11.7. The fourth-order valence-corrected chi connectivity index (χ4v) is 1.48. The summed E-state index contributed by atoms with van der Waals surface area (Å²) in [5.41, 5.74) is 12.7. The van der Waals surface area contributed by atoms with Gasteiger partial charge in [0.25, 0.3) is 0 Å². The van der Waals surface area contributed by atoms with E-state index < -0.39 is 18.2 Å². The van der Waals surface area contributed by atoms with Gasteiger partial charge in [0.05, 0.1) is 6.61 Å². The molecule has 0 aliphatic rings. The number of hydrogen-bond donors (Lipinski definition) is 2. The molecule has 1 aromatic rings. The number of ether oxygens (including phenoxy) is 2. The molecule has 0 bridgehead atoms. The van der Waals surface area contributed by atoms with Gasteiger partial charge in [0, 0.05) is 5.69 Å². The Morgan fingerprint density at radius 3 is 2.50 bits per heavy atom. The molecule has 0 aliphatic heterocycles. The monoisotopic (exact) mass is 280 g/mol. The predicted octanol–water partition coefficient (Wildman–Crippen LogP) is 1.62. The maximum Gasteiger partial charge on any atom is 0.516 e. The van der Waals surface area contributed by atoms with Crippen molar-refractivity contribution in [3.05, 3.63) is 29.8 Å². The fourth-order valence-electron chi connectivity index (χ4n) is 1.48. The minimum absolute atomic E-state index is 0.232. The van der Waals surface area contributed by atoms with Gasteiger partial charge in [-0.1, -0.05) is 25.5 Å². The van der Waals surface area contributed by atoms with Gasteiger partial charge in [-0.2, -0.15) is 0 Å². The number of esters is 1. The molecule has 0 aliphatic carbocycles. The highest BCUT2D eigenvalue weighted by atomic mass is 16.7. The van der Waals surface area contributed by atoms with Gasteiger partial charge in [0.2, 0.25) is 0 Å². The molecule has 0 saturated carbocycles. The zero-order valence-electron chi connectivity index (χ0n) is 11.5. The highest BCUT2D eigenvalue weighted by molar-refractivity contribution is 5.85. The van der Waals surface area contributed by atoms with Crippen molar-refractivity contribution in [2.75, 3.05) is 12.3 Å². The molecule has 0 amide bonds. The van der Waals surface area contributed by atoms with Crippen LogP contribution in [0.25, 0.3) is 0 Å². The van der Waals surface area contributed by atoms with Crippen molar-refractivity contribution in [3.8, 4) is 0 Å². The molecule has 0 aromatic heterocycles. The Labute approximate surface area is 118 Å². The Morgan fingerprint density at radius 2 is 1.90 bits per heavy atom. The summed E-state index contributed by atoms with van der Waals surface area (Å²) < 4.78 is 9.22. The zero-order valence-corrected chi connectivity index (χ0v) is 11.5. The van der Waals surface area contributed by atoms with Crippen LogP contribution in [0.2, 0.25) is 0 Å². The summed E-state index contributed by atoms with van der Waals surface area (Å²) >= 11 is 0. The highest BCUT2D eigenvalue weighted by Gasteiger charge is 2.20. The quantitative estimate of drug-likeness (QED) is 0.355. The Bertz CT molecular complexity index is 445. The highest BCUT2D eigenvalue weighted by Crippen LogP contribution is 2.08. The minimum atomic E-state index is -1.00. The first-order chi connectivity index (χ1) is 9.52. The molecule has 4 N–H and O–H groups in total. The lowest BCUT2D eigenvalue weighted by Gasteiger charge is -2.10. The van der Waals surface area contributed by atoms with E-state index in [0.717, 1.165) is 18.4 Å². The average Bonchev–Trinajstić information content (AvgIpc) is 2.41. The lowest BCUT2D eigenvalue weighted by atomic mass is 10.1. The number of unbranched alkanes of at least 4 members (excludes halogenated alkanes) is 1. The van der Waals surface area contributed by atoms with Crippen LogP contribution < -0.4 is 11.5 Å². The molecule has 0 saturated heterocycles. The molecule has 0 spiro atoms. The number of rotatable bonds is 6. The van der Waals surface area contributed by atoms with Crippen LogP contribution in [0.4, 0.5) is 10.5 Å². The SMILES string of the molecule is CCCCOC(=O)OC(=O)[C@@H](N)Cc1ccc(N)cc1. The van der Waals surface area contributed by atoms with Crippen LogP contribution >= 0.6 is 0 Å². The van der Waals surface area contributed by atoms with Crippen LogP contribution in [0.1, 0.15) is 25.3 Å². The number of nitrogens with two attached hydrogens (primary N) is 2. The molecule has 1 aromatic carbocycles. The van der Waals surface area contributed by atoms with E-state index in [1.807, 2.05) is 6.92 Å². The first-order valence-corrected chi connectivity index (χ1v) is 6.51. The number of hydrogen-bond acceptors (Lipinski definition) is 6. The Kier molecular flexibility index (Phi) is 6.52. The van der Waals surface area contributed by atoms with Crippen molar-refractivity contribution >= 4 is 17.8 Å². The van der Waals surface area contributed by atoms with Gasteiger partial charge >= 0.3 is 12.1 Å². The van der Waals surface area contributed by atoms with Gasteiger partial charge in [-0.05, 0) is 30.5 Å². The molecule has 20 heavy (non-hydrogen) atoms. The number of carbonyl (C=O) groups is 2. The Morgan fingerprint density at radius 1 is 1.25 bits per heavy atom. The Balaban J connectivity index is 2.38. The van der Waals surface area contributed by atoms with Crippen LogP contribution in [-0.2, 0) is 20.7 Å².